The van der Waals surface area contributed by atoms with Crippen LogP contribution in [0.2, 0.25) is 0 Å². The maximum atomic E-state index is 12.2. The molecule has 1 fully saturated rings. The van der Waals surface area contributed by atoms with Crippen LogP contribution in [0.1, 0.15) is 40.5 Å². The molecule has 3 nitrogen and oxygen atoms in total. The maximum absolute atomic E-state index is 12.2. The first-order valence-electron chi connectivity index (χ1n) is 6.06. The van der Waals surface area contributed by atoms with E-state index in [9.17, 15) is 4.79 Å². The molecule has 0 spiro atoms. The van der Waals surface area contributed by atoms with Crippen LogP contribution in [0.3, 0.4) is 0 Å². The molecule has 1 rings (SSSR count). The first-order chi connectivity index (χ1) is 7.44. The fraction of sp³-hybridized carbons (Fsp3) is 0.917. The first-order valence-corrected chi connectivity index (χ1v) is 7.35. The Morgan fingerprint density at radius 3 is 2.69 bits per heavy atom. The number of carbonyl (C=O) groups is 1. The molecule has 1 aliphatic rings. The summed E-state index contributed by atoms with van der Waals surface area (Å²) in [5.41, 5.74) is -0.345. The molecule has 0 aromatic carbocycles. The summed E-state index contributed by atoms with van der Waals surface area (Å²) in [6.45, 7) is 9.21. The minimum Gasteiger partial charge on any atom is -0.326 e. The summed E-state index contributed by atoms with van der Waals surface area (Å²) < 4.78 is 0. The van der Waals surface area contributed by atoms with Gasteiger partial charge in [-0.15, -0.1) is 0 Å². The topological polar surface area (TPSA) is 32.3 Å². The minimum atomic E-state index is -0.345. The monoisotopic (exact) mass is 244 g/mol. The molecule has 0 saturated carbocycles. The summed E-state index contributed by atoms with van der Waals surface area (Å²) in [4.78, 5) is 14.2. The third kappa shape index (κ3) is 2.72. The van der Waals surface area contributed by atoms with Gasteiger partial charge in [-0.25, -0.2) is 0 Å². The number of thioether (sulfide) groups is 1. The molecule has 4 heteroatoms. The van der Waals surface area contributed by atoms with Crippen molar-refractivity contribution in [3.8, 4) is 0 Å². The summed E-state index contributed by atoms with van der Waals surface area (Å²) in [6.07, 6.45) is 4.21. The molecule has 0 bridgehead atoms. The summed E-state index contributed by atoms with van der Waals surface area (Å²) in [7, 11) is 0. The van der Waals surface area contributed by atoms with E-state index in [2.05, 4.69) is 32.3 Å². The van der Waals surface area contributed by atoms with Crippen LogP contribution in [0.5, 0.6) is 0 Å². The van der Waals surface area contributed by atoms with Crippen molar-refractivity contribution >= 4 is 17.7 Å². The second-order valence-electron chi connectivity index (χ2n) is 4.84. The van der Waals surface area contributed by atoms with Gasteiger partial charge in [-0.05, 0) is 32.9 Å². The number of hydrogen-bond acceptors (Lipinski definition) is 3. The second kappa shape index (κ2) is 5.41. The minimum absolute atomic E-state index is 0.173. The number of nitrogens with zero attached hydrogens (tertiary/aromatic N) is 1. The van der Waals surface area contributed by atoms with Crippen molar-refractivity contribution in [1.29, 1.82) is 0 Å². The van der Waals surface area contributed by atoms with E-state index >= 15 is 0 Å². The van der Waals surface area contributed by atoms with Gasteiger partial charge < -0.3 is 4.90 Å². The summed E-state index contributed by atoms with van der Waals surface area (Å²) in [5.74, 6) is 0.260. The Morgan fingerprint density at radius 2 is 2.25 bits per heavy atom. The van der Waals surface area contributed by atoms with E-state index in [0.29, 0.717) is 5.25 Å². The van der Waals surface area contributed by atoms with Gasteiger partial charge in [0.15, 0.2) is 0 Å². The lowest BCUT2D eigenvalue weighted by Gasteiger charge is -2.23. The molecule has 0 aromatic heterocycles. The number of hydrogen-bond donors (Lipinski definition) is 1. The SMILES string of the molecule is CCC1(C)NC(C)N(CCC(C)SC)C1=O. The largest absolute Gasteiger partial charge is 0.326 e. The number of carbonyl (C=O) groups excluding carboxylic acids is 1. The lowest BCUT2D eigenvalue weighted by atomic mass is 9.99. The van der Waals surface area contributed by atoms with Crippen molar-refractivity contribution in [2.75, 3.05) is 12.8 Å². The molecule has 0 radical (unpaired) electrons. The van der Waals surface area contributed by atoms with Crippen molar-refractivity contribution in [3.63, 3.8) is 0 Å². The van der Waals surface area contributed by atoms with Crippen LogP contribution in [-0.4, -0.2) is 40.6 Å². The average Bonchev–Trinajstić information content (AvgIpc) is 2.48. The standard InChI is InChI=1S/C12H24N2OS/c1-6-12(4)11(15)14(10(3)13-12)8-7-9(2)16-5/h9-10,13H,6-8H2,1-5H3. The molecular formula is C12H24N2OS. The number of amides is 1. The van der Waals surface area contributed by atoms with Gasteiger partial charge in [-0.3, -0.25) is 10.1 Å². The predicted octanol–water partition coefficient (Wildman–Crippen LogP) is 2.07. The lowest BCUT2D eigenvalue weighted by molar-refractivity contribution is -0.132. The molecular weight excluding hydrogens is 220 g/mol. The molecule has 3 unspecified atom stereocenters. The summed E-state index contributed by atoms with van der Waals surface area (Å²) in [5, 5.41) is 4.01. The fourth-order valence-corrected chi connectivity index (χ4v) is 2.42. The molecule has 16 heavy (non-hydrogen) atoms. The molecule has 1 aliphatic heterocycles. The smallest absolute Gasteiger partial charge is 0.243 e. The van der Waals surface area contributed by atoms with Crippen LogP contribution in [0.25, 0.3) is 0 Å². The Labute approximate surface area is 103 Å². The zero-order valence-electron chi connectivity index (χ0n) is 11.0. The van der Waals surface area contributed by atoms with E-state index in [1.807, 2.05) is 23.6 Å². The van der Waals surface area contributed by atoms with Crippen LogP contribution in [-0.2, 0) is 4.79 Å². The van der Waals surface area contributed by atoms with Gasteiger partial charge in [-0.2, -0.15) is 11.8 Å². The molecule has 1 saturated heterocycles. The lowest BCUT2D eigenvalue weighted by Crippen LogP contribution is -2.43. The molecule has 94 valence electrons. The van der Waals surface area contributed by atoms with Gasteiger partial charge in [0.25, 0.3) is 0 Å². The highest BCUT2D eigenvalue weighted by Gasteiger charge is 2.44. The van der Waals surface area contributed by atoms with Crippen LogP contribution in [0.4, 0.5) is 0 Å². The average molecular weight is 244 g/mol. The Bertz CT molecular complexity index is 259. The Balaban J connectivity index is 2.58. The van der Waals surface area contributed by atoms with E-state index in [-0.39, 0.29) is 17.6 Å². The van der Waals surface area contributed by atoms with Crippen molar-refractivity contribution in [3.05, 3.63) is 0 Å². The summed E-state index contributed by atoms with van der Waals surface area (Å²) in [6, 6.07) is 0. The normalized spacial score (nSPS) is 32.2. The van der Waals surface area contributed by atoms with Crippen LogP contribution in [0, 0.1) is 0 Å². The highest BCUT2D eigenvalue weighted by molar-refractivity contribution is 7.99. The Kier molecular flexibility index (Phi) is 4.68. The molecule has 1 amide bonds. The summed E-state index contributed by atoms with van der Waals surface area (Å²) >= 11 is 1.86. The van der Waals surface area contributed by atoms with E-state index in [4.69, 9.17) is 0 Å². The number of rotatable bonds is 5. The van der Waals surface area contributed by atoms with E-state index in [1.165, 1.54) is 0 Å². The van der Waals surface area contributed by atoms with Crippen molar-refractivity contribution in [2.24, 2.45) is 0 Å². The first kappa shape index (κ1) is 13.8. The van der Waals surface area contributed by atoms with Gasteiger partial charge >= 0.3 is 0 Å². The fourth-order valence-electron chi connectivity index (χ4n) is 2.08. The van der Waals surface area contributed by atoms with E-state index in [1.54, 1.807) is 0 Å². The quantitative estimate of drug-likeness (QED) is 0.803. The van der Waals surface area contributed by atoms with Gasteiger partial charge in [0.2, 0.25) is 5.91 Å². The number of nitrogens with one attached hydrogen (secondary N) is 1. The maximum Gasteiger partial charge on any atom is 0.243 e. The predicted molar refractivity (Wildman–Crippen MR) is 70.6 cm³/mol. The van der Waals surface area contributed by atoms with Crippen LogP contribution < -0.4 is 5.32 Å². The van der Waals surface area contributed by atoms with Crippen LogP contribution >= 0.6 is 11.8 Å². The highest BCUT2D eigenvalue weighted by atomic mass is 32.2. The van der Waals surface area contributed by atoms with Gasteiger partial charge in [0.05, 0.1) is 11.7 Å². The van der Waals surface area contributed by atoms with Gasteiger partial charge in [-0.1, -0.05) is 13.8 Å². The Hall–Kier alpha value is -0.220. The van der Waals surface area contributed by atoms with Crippen molar-refractivity contribution < 1.29 is 4.79 Å². The van der Waals surface area contributed by atoms with Gasteiger partial charge in [0.1, 0.15) is 0 Å². The molecule has 0 aromatic rings. The zero-order chi connectivity index (χ0) is 12.3. The Morgan fingerprint density at radius 1 is 1.62 bits per heavy atom. The zero-order valence-corrected chi connectivity index (χ0v) is 11.9. The van der Waals surface area contributed by atoms with Crippen molar-refractivity contribution in [1.82, 2.24) is 10.2 Å². The van der Waals surface area contributed by atoms with Gasteiger partial charge in [0, 0.05) is 11.8 Å². The third-order valence-electron chi connectivity index (χ3n) is 3.61. The van der Waals surface area contributed by atoms with Crippen molar-refractivity contribution in [2.45, 2.75) is 57.5 Å². The highest BCUT2D eigenvalue weighted by Crippen LogP contribution is 2.24. The van der Waals surface area contributed by atoms with E-state index < -0.39 is 0 Å². The molecule has 1 heterocycles. The molecule has 0 aliphatic carbocycles. The second-order valence-corrected chi connectivity index (χ2v) is 6.12. The van der Waals surface area contributed by atoms with Crippen LogP contribution in [0.15, 0.2) is 0 Å². The molecule has 1 N–H and O–H groups in total. The third-order valence-corrected chi connectivity index (χ3v) is 4.65. The van der Waals surface area contributed by atoms with E-state index in [0.717, 1.165) is 19.4 Å². The molecule has 3 atom stereocenters.